The van der Waals surface area contributed by atoms with Gasteiger partial charge in [0.25, 0.3) is 0 Å². The average molecular weight is 700 g/mol. The van der Waals surface area contributed by atoms with Crippen molar-refractivity contribution >= 4 is 29.7 Å². The molecule has 13 heteroatoms. The fourth-order valence-corrected chi connectivity index (χ4v) is 4.76. The number of hydrogen-bond acceptors (Lipinski definition) is 10. The lowest BCUT2D eigenvalue weighted by atomic mass is 10.0. The van der Waals surface area contributed by atoms with E-state index in [1.165, 1.54) is 25.3 Å². The maximum Gasteiger partial charge on any atom is 0.407 e. The fraction of sp³-hybridized carbons (Fsp3) is 0.541. The molecule has 3 N–H and O–H groups in total. The number of esters is 1. The Balaban J connectivity index is 1.68. The third kappa shape index (κ3) is 20.2. The minimum absolute atomic E-state index is 0.0602. The largest absolute Gasteiger partial charge is 0.458 e. The Hall–Kier alpha value is -4.33. The lowest BCUT2D eigenvalue weighted by Gasteiger charge is -2.18. The highest BCUT2D eigenvalue weighted by Gasteiger charge is 2.21. The predicted molar refractivity (Wildman–Crippen MR) is 187 cm³/mol. The summed E-state index contributed by atoms with van der Waals surface area (Å²) in [4.78, 5) is 61.7. The number of unbranched alkanes of at least 4 members (excludes halogenated alkanes) is 1. The Morgan fingerprint density at radius 1 is 0.660 bits per heavy atom. The van der Waals surface area contributed by atoms with Gasteiger partial charge < -0.3 is 39.6 Å². The van der Waals surface area contributed by atoms with Crippen LogP contribution in [0, 0.1) is 0 Å². The normalized spacial score (nSPS) is 11.3. The first-order valence-corrected chi connectivity index (χ1v) is 17.1. The number of ketones is 1. The molecule has 276 valence electrons. The molecule has 0 aliphatic carbocycles. The Morgan fingerprint density at radius 3 is 2.04 bits per heavy atom. The number of aryl methyl sites for hydroxylation is 2. The van der Waals surface area contributed by atoms with Gasteiger partial charge in [0.05, 0.1) is 26.2 Å². The third-order valence-corrected chi connectivity index (χ3v) is 7.46. The molecule has 0 bridgehead atoms. The Morgan fingerprint density at radius 2 is 1.34 bits per heavy atom. The van der Waals surface area contributed by atoms with E-state index >= 15 is 0 Å². The fourth-order valence-electron chi connectivity index (χ4n) is 4.76. The second-order valence-corrected chi connectivity index (χ2v) is 11.6. The summed E-state index contributed by atoms with van der Waals surface area (Å²) >= 11 is 0. The Labute approximate surface area is 295 Å². The summed E-state index contributed by atoms with van der Waals surface area (Å²) < 4.78 is 25.2. The van der Waals surface area contributed by atoms with Gasteiger partial charge in [-0.05, 0) is 55.2 Å². The van der Waals surface area contributed by atoms with Gasteiger partial charge in [-0.1, -0.05) is 54.6 Å². The SMILES string of the molecule is COCCCOC(=O)N[C@@H](CCCNC(=O)COCCOC)C(=O)NCCC(=O)OCC(=O)Cc1ccc(CCCCc2ccccc2)cc1. The van der Waals surface area contributed by atoms with Crippen LogP contribution in [0.5, 0.6) is 0 Å². The second kappa shape index (κ2) is 26.5. The Kier molecular flexibility index (Phi) is 22.2. The molecule has 3 amide bonds. The smallest absolute Gasteiger partial charge is 0.407 e. The van der Waals surface area contributed by atoms with Gasteiger partial charge in [0.15, 0.2) is 5.78 Å². The number of benzene rings is 2. The highest BCUT2D eigenvalue weighted by molar-refractivity contribution is 5.86. The molecular formula is C37H53N3O10. The highest BCUT2D eigenvalue weighted by Crippen LogP contribution is 2.11. The number of carbonyl (C=O) groups excluding carboxylic acids is 5. The first kappa shape index (κ1) is 41.8. The van der Waals surface area contributed by atoms with Crippen molar-refractivity contribution in [2.45, 2.75) is 63.8 Å². The van der Waals surface area contributed by atoms with Crippen LogP contribution in [0.15, 0.2) is 54.6 Å². The lowest BCUT2D eigenvalue weighted by molar-refractivity contribution is -0.147. The van der Waals surface area contributed by atoms with Crippen LogP contribution in [-0.4, -0.2) is 103 Å². The molecule has 2 aromatic carbocycles. The molecule has 0 radical (unpaired) electrons. The molecule has 0 unspecified atom stereocenters. The molecule has 1 atom stereocenters. The molecular weight excluding hydrogens is 646 g/mol. The summed E-state index contributed by atoms with van der Waals surface area (Å²) in [6.07, 6.45) is 4.47. The van der Waals surface area contributed by atoms with Crippen LogP contribution in [0.25, 0.3) is 0 Å². The van der Waals surface area contributed by atoms with Crippen molar-refractivity contribution in [2.24, 2.45) is 0 Å². The van der Waals surface area contributed by atoms with Crippen molar-refractivity contribution in [3.05, 3.63) is 71.3 Å². The highest BCUT2D eigenvalue weighted by atomic mass is 16.6. The number of amides is 3. The summed E-state index contributed by atoms with van der Waals surface area (Å²) in [7, 11) is 3.07. The monoisotopic (exact) mass is 699 g/mol. The number of methoxy groups -OCH3 is 2. The predicted octanol–water partition coefficient (Wildman–Crippen LogP) is 3.10. The molecule has 0 heterocycles. The average Bonchev–Trinajstić information content (AvgIpc) is 3.12. The van der Waals surface area contributed by atoms with Crippen molar-refractivity contribution in [1.82, 2.24) is 16.0 Å². The summed E-state index contributed by atoms with van der Waals surface area (Å²) in [5.74, 6) is -1.72. The molecule has 13 nitrogen and oxygen atoms in total. The summed E-state index contributed by atoms with van der Waals surface area (Å²) in [5.41, 5.74) is 3.40. The van der Waals surface area contributed by atoms with E-state index in [1.54, 1.807) is 0 Å². The maximum atomic E-state index is 12.9. The number of alkyl carbamates (subject to hydrolysis) is 1. The lowest BCUT2D eigenvalue weighted by Crippen LogP contribution is -2.47. The van der Waals surface area contributed by atoms with E-state index in [2.05, 4.69) is 40.2 Å². The van der Waals surface area contributed by atoms with Gasteiger partial charge in [-0.25, -0.2) is 4.79 Å². The van der Waals surface area contributed by atoms with E-state index in [4.69, 9.17) is 23.7 Å². The van der Waals surface area contributed by atoms with Crippen molar-refractivity contribution in [1.29, 1.82) is 0 Å². The van der Waals surface area contributed by atoms with E-state index in [0.29, 0.717) is 26.1 Å². The summed E-state index contributed by atoms with van der Waals surface area (Å²) in [6, 6.07) is 17.3. The minimum atomic E-state index is -0.974. The van der Waals surface area contributed by atoms with Gasteiger partial charge in [0.1, 0.15) is 19.3 Å². The first-order chi connectivity index (χ1) is 24.3. The van der Waals surface area contributed by atoms with Crippen LogP contribution in [0.2, 0.25) is 0 Å². The second-order valence-electron chi connectivity index (χ2n) is 11.6. The van der Waals surface area contributed by atoms with Crippen molar-refractivity contribution in [2.75, 3.05) is 67.0 Å². The van der Waals surface area contributed by atoms with Crippen LogP contribution >= 0.6 is 0 Å². The molecule has 2 rings (SSSR count). The molecule has 0 aliphatic heterocycles. The zero-order chi connectivity index (χ0) is 36.2. The van der Waals surface area contributed by atoms with Crippen LogP contribution in [0.4, 0.5) is 4.79 Å². The van der Waals surface area contributed by atoms with E-state index in [1.807, 2.05) is 30.3 Å². The van der Waals surface area contributed by atoms with Crippen LogP contribution in [-0.2, 0) is 62.1 Å². The van der Waals surface area contributed by atoms with E-state index in [0.717, 1.165) is 31.2 Å². The number of hydrogen-bond donors (Lipinski definition) is 3. The van der Waals surface area contributed by atoms with Crippen molar-refractivity contribution < 1.29 is 47.7 Å². The zero-order valence-corrected chi connectivity index (χ0v) is 29.4. The molecule has 0 aromatic heterocycles. The molecule has 0 saturated heterocycles. The number of carbonyl (C=O) groups is 5. The number of Topliss-reactive ketones (excluding diaryl/α,β-unsaturated/α-hetero) is 1. The number of rotatable bonds is 27. The van der Waals surface area contributed by atoms with Crippen LogP contribution in [0.1, 0.15) is 55.2 Å². The van der Waals surface area contributed by atoms with Crippen LogP contribution < -0.4 is 16.0 Å². The van der Waals surface area contributed by atoms with E-state index in [9.17, 15) is 24.0 Å². The maximum absolute atomic E-state index is 12.9. The number of ether oxygens (including phenoxy) is 5. The molecule has 50 heavy (non-hydrogen) atoms. The molecule has 0 saturated carbocycles. The molecule has 2 aromatic rings. The van der Waals surface area contributed by atoms with E-state index < -0.39 is 24.0 Å². The zero-order valence-electron chi connectivity index (χ0n) is 29.4. The molecule has 0 fully saturated rings. The first-order valence-electron chi connectivity index (χ1n) is 17.1. The van der Waals surface area contributed by atoms with Gasteiger partial charge >= 0.3 is 12.1 Å². The van der Waals surface area contributed by atoms with Gasteiger partial charge in [-0.3, -0.25) is 19.2 Å². The van der Waals surface area contributed by atoms with Gasteiger partial charge in [-0.2, -0.15) is 0 Å². The minimum Gasteiger partial charge on any atom is -0.458 e. The Bertz CT molecular complexity index is 1270. The van der Waals surface area contributed by atoms with Gasteiger partial charge in [0, 0.05) is 46.8 Å². The standard InChI is InChI=1S/C37H53N3O10/c1-46-22-9-23-49-37(45)40-33(14-8-20-38-34(42)28-48-25-24-47-2)36(44)39-21-19-35(43)50-27-32(41)26-31-17-15-30(16-18-31)13-7-6-12-29-10-4-3-5-11-29/h3-5,10-11,15-18,33H,6-9,12-14,19-28H2,1-2H3,(H,38,42)(H,39,44)(H,40,45)/t33-/m0/s1. The van der Waals surface area contributed by atoms with Crippen LogP contribution in [0.3, 0.4) is 0 Å². The third-order valence-electron chi connectivity index (χ3n) is 7.46. The quantitative estimate of drug-likeness (QED) is 0.0932. The number of nitrogens with one attached hydrogen (secondary N) is 3. The van der Waals surface area contributed by atoms with Gasteiger partial charge in [0.2, 0.25) is 11.8 Å². The van der Waals surface area contributed by atoms with E-state index in [-0.39, 0.29) is 70.5 Å². The molecule has 0 spiro atoms. The van der Waals surface area contributed by atoms with Crippen molar-refractivity contribution in [3.8, 4) is 0 Å². The van der Waals surface area contributed by atoms with Crippen molar-refractivity contribution in [3.63, 3.8) is 0 Å². The summed E-state index contributed by atoms with van der Waals surface area (Å²) in [5, 5.41) is 7.82. The summed E-state index contributed by atoms with van der Waals surface area (Å²) in [6.45, 7) is 0.891. The molecule has 0 aliphatic rings. The topological polar surface area (TPSA) is 168 Å². The van der Waals surface area contributed by atoms with Gasteiger partial charge in [-0.15, -0.1) is 0 Å².